The van der Waals surface area contributed by atoms with Crippen LogP contribution in [0.25, 0.3) is 22.2 Å². The number of fused-ring (bicyclic) bond motifs is 5. The maximum Gasteiger partial charge on any atom is 0.386 e. The molecule has 10 unspecified atom stereocenters. The number of nitrogens with zero attached hydrogens (tertiary/aromatic N) is 5. The molecular weight excluding hydrogens is 760 g/mol. The van der Waals surface area contributed by atoms with Crippen molar-refractivity contribution in [2.75, 3.05) is 13.2 Å². The zero-order valence-corrected chi connectivity index (χ0v) is 28.3. The van der Waals surface area contributed by atoms with Gasteiger partial charge in [-0.25, -0.2) is 23.9 Å². The highest BCUT2D eigenvalue weighted by molar-refractivity contribution is 8.44. The summed E-state index contributed by atoms with van der Waals surface area (Å²) in [6, 6.07) is 2.93. The van der Waals surface area contributed by atoms with Crippen molar-refractivity contribution in [3.05, 3.63) is 50.5 Å². The van der Waals surface area contributed by atoms with Crippen molar-refractivity contribution in [1.82, 2.24) is 29.1 Å². The van der Waals surface area contributed by atoms with Crippen molar-refractivity contribution in [3.63, 3.8) is 0 Å². The van der Waals surface area contributed by atoms with Crippen LogP contribution in [0.5, 0.6) is 0 Å². The van der Waals surface area contributed by atoms with Gasteiger partial charge in [-0.3, -0.25) is 27.5 Å². The van der Waals surface area contributed by atoms with Crippen LogP contribution in [0, 0.1) is 0 Å². The third-order valence-electron chi connectivity index (χ3n) is 7.48. The second-order valence-corrected chi connectivity index (χ2v) is 17.1. The summed E-state index contributed by atoms with van der Waals surface area (Å²) in [7, 11) is 0. The van der Waals surface area contributed by atoms with Crippen LogP contribution >= 0.6 is 60.6 Å². The second kappa shape index (κ2) is 12.3. The molecule has 3 aliphatic rings. The molecule has 0 aliphatic carbocycles. The molecule has 0 spiro atoms. The zero-order chi connectivity index (χ0) is 32.7. The number of benzene rings is 1. The summed E-state index contributed by atoms with van der Waals surface area (Å²) in [5.74, 6) is 0. The monoisotopic (exact) mass is 778 g/mol. The highest BCUT2D eigenvalue weighted by atomic mass is 35.5. The molecule has 4 aromatic rings. The van der Waals surface area contributed by atoms with Crippen LogP contribution < -0.4 is 5.56 Å². The van der Waals surface area contributed by atoms with Gasteiger partial charge in [0.25, 0.3) is 5.56 Å². The third-order valence-corrected chi connectivity index (χ3v) is 11.6. The maximum atomic E-state index is 16.0. The van der Waals surface area contributed by atoms with Crippen molar-refractivity contribution in [2.45, 2.75) is 49.1 Å². The lowest BCUT2D eigenvalue weighted by molar-refractivity contribution is -0.0585. The maximum absolute atomic E-state index is 16.0. The van der Waals surface area contributed by atoms with Gasteiger partial charge in [0.05, 0.1) is 46.9 Å². The van der Waals surface area contributed by atoms with Crippen LogP contribution in [0.4, 0.5) is 4.39 Å². The van der Waals surface area contributed by atoms with Crippen molar-refractivity contribution < 1.29 is 46.5 Å². The van der Waals surface area contributed by atoms with Gasteiger partial charge in [-0.05, 0) is 35.5 Å². The Morgan fingerprint density at radius 3 is 2.57 bits per heavy atom. The average Bonchev–Trinajstić information content (AvgIpc) is 3.71. The quantitative estimate of drug-likeness (QED) is 0.170. The zero-order valence-electron chi connectivity index (χ0n) is 22.5. The number of aromatic nitrogens is 6. The molecule has 16 nitrogen and oxygen atoms in total. The number of ether oxygens (including phenoxy) is 2. The van der Waals surface area contributed by atoms with Crippen molar-refractivity contribution >= 4 is 94.6 Å². The van der Waals surface area contributed by atoms with Gasteiger partial charge in [0.2, 0.25) is 5.28 Å². The molecule has 3 N–H and O–H groups in total. The molecule has 0 radical (unpaired) electrons. The number of halogens is 4. The fourth-order valence-electron chi connectivity index (χ4n) is 5.41. The van der Waals surface area contributed by atoms with E-state index in [-0.39, 0.29) is 26.5 Å². The van der Waals surface area contributed by atoms with E-state index >= 15 is 4.39 Å². The molecule has 2 bridgehead atoms. The third kappa shape index (κ3) is 5.97. The van der Waals surface area contributed by atoms with Crippen LogP contribution in [0.3, 0.4) is 0 Å². The van der Waals surface area contributed by atoms with Crippen LogP contribution in [0.1, 0.15) is 12.5 Å². The predicted octanol–water partition coefficient (Wildman–Crippen LogP) is 3.70. The number of hydrogen-bond acceptors (Lipinski definition) is 13. The molecule has 10 atom stereocenters. The number of hydrogen-bond donors (Lipinski definition) is 4. The normalized spacial score (nSPS) is 37.2. The minimum Gasteiger partial charge on any atom is -0.387 e. The van der Waals surface area contributed by atoms with E-state index in [4.69, 9.17) is 74.2 Å². The Kier molecular flexibility index (Phi) is 8.87. The minimum atomic E-state index is -4.42. The van der Waals surface area contributed by atoms with Crippen molar-refractivity contribution in [1.29, 1.82) is 0 Å². The second-order valence-electron chi connectivity index (χ2n) is 10.3. The lowest BCUT2D eigenvalue weighted by atomic mass is 10.1. The van der Waals surface area contributed by atoms with Crippen molar-refractivity contribution in [2.24, 2.45) is 0 Å². The van der Waals surface area contributed by atoms with E-state index in [9.17, 15) is 19.4 Å². The predicted molar refractivity (Wildman–Crippen MR) is 166 cm³/mol. The molecule has 0 saturated carbocycles. The largest absolute Gasteiger partial charge is 0.387 e. The van der Waals surface area contributed by atoms with Gasteiger partial charge in [-0.15, -0.1) is 0 Å². The first-order valence-corrected chi connectivity index (χ1v) is 19.5. The fourth-order valence-corrected chi connectivity index (χ4v) is 8.90. The number of nitrogens with one attached hydrogen (secondary N) is 1. The van der Waals surface area contributed by atoms with Crippen LogP contribution in [0.15, 0.2) is 29.6 Å². The Balaban J connectivity index is 1.22. The van der Waals surface area contributed by atoms with Gasteiger partial charge in [-0.2, -0.15) is 0 Å². The van der Waals surface area contributed by atoms with Gasteiger partial charge in [-0.1, -0.05) is 35.5 Å². The Bertz CT molecular complexity index is 2010. The number of aliphatic hydroxyl groups is 1. The SMILES string of the molecule is O=c1[nH]cnc2c1ncn2C1OC2COP(O)(=S)OC3C(O)C(COP(=O)(S)OC2C1F)OC3n1c(Cl)nc2cc(Cl)c(Cl)cc21. The lowest BCUT2D eigenvalue weighted by Crippen LogP contribution is -2.35. The molecule has 248 valence electrons. The summed E-state index contributed by atoms with van der Waals surface area (Å²) in [6.07, 6.45) is -10.0. The Labute approximate surface area is 281 Å². The molecule has 3 saturated heterocycles. The standard InChI is InChI=1S/C22H20Cl3FN6O10P2S2/c23-7-1-9-10(2-8(7)24)32(22(25)30-9)21-17-15(33)11(39-21)3-37-43(35,45)41-16-12(4-38-44(36,46)42-17)40-20(13(16)26)31-6-29-14-18(31)27-5-28-19(14)34/h1-2,5-6,11-13,15-17,20-21,33H,3-4H2,(H,35,45)(H,36,46)(H,27,28,34). The molecular formula is C22H20Cl3FN6O10P2S2. The van der Waals surface area contributed by atoms with Gasteiger partial charge in [0.1, 0.15) is 30.5 Å². The Hall–Kier alpha value is -1.25. The summed E-state index contributed by atoms with van der Waals surface area (Å²) in [5, 5.41) is 11.5. The number of aliphatic hydroxyl groups excluding tert-OH is 1. The van der Waals surface area contributed by atoms with Crippen molar-refractivity contribution in [3.8, 4) is 0 Å². The minimum absolute atomic E-state index is 0.00460. The first-order chi connectivity index (χ1) is 21.7. The summed E-state index contributed by atoms with van der Waals surface area (Å²) < 4.78 is 66.0. The van der Waals surface area contributed by atoms with E-state index in [1.54, 1.807) is 0 Å². The number of aromatic amines is 1. The highest BCUT2D eigenvalue weighted by Gasteiger charge is 2.53. The van der Waals surface area contributed by atoms with Crippen LogP contribution in [0.2, 0.25) is 15.3 Å². The number of thiol groups is 1. The Morgan fingerprint density at radius 1 is 1.07 bits per heavy atom. The van der Waals surface area contributed by atoms with E-state index in [0.717, 1.165) is 17.2 Å². The van der Waals surface area contributed by atoms with E-state index in [1.165, 1.54) is 16.7 Å². The van der Waals surface area contributed by atoms with E-state index in [0.29, 0.717) is 11.0 Å². The molecule has 7 rings (SSSR count). The first-order valence-electron chi connectivity index (χ1n) is 13.1. The lowest BCUT2D eigenvalue weighted by Gasteiger charge is -2.28. The highest BCUT2D eigenvalue weighted by Crippen LogP contribution is 2.58. The van der Waals surface area contributed by atoms with E-state index in [1.807, 2.05) is 0 Å². The molecule has 46 heavy (non-hydrogen) atoms. The fraction of sp³-hybridized carbons (Fsp3) is 0.455. The summed E-state index contributed by atoms with van der Waals surface area (Å²) in [5.41, 5.74) is -0.00721. The average molecular weight is 780 g/mol. The smallest absolute Gasteiger partial charge is 0.386 e. The van der Waals surface area contributed by atoms with Crippen LogP contribution in [-0.4, -0.2) is 89.0 Å². The topological polar surface area (TPSA) is 194 Å². The number of rotatable bonds is 2. The molecule has 24 heteroatoms. The molecule has 3 fully saturated rings. The first kappa shape index (κ1) is 33.3. The van der Waals surface area contributed by atoms with Gasteiger partial charge in [0.15, 0.2) is 29.8 Å². The number of imidazole rings is 2. The Morgan fingerprint density at radius 2 is 1.78 bits per heavy atom. The van der Waals surface area contributed by atoms with E-state index < -0.39 is 81.4 Å². The van der Waals surface area contributed by atoms with Gasteiger partial charge < -0.3 is 29.0 Å². The van der Waals surface area contributed by atoms with Gasteiger partial charge in [0, 0.05) is 0 Å². The van der Waals surface area contributed by atoms with Crippen LogP contribution in [-0.2, 0) is 43.9 Å². The molecule has 3 aromatic heterocycles. The molecule has 6 heterocycles. The van der Waals surface area contributed by atoms with E-state index in [2.05, 4.69) is 32.2 Å². The number of alkyl halides is 1. The molecule has 3 aliphatic heterocycles. The number of H-pyrrole nitrogens is 1. The summed E-state index contributed by atoms with van der Waals surface area (Å²) >= 11 is 28.1. The summed E-state index contributed by atoms with van der Waals surface area (Å²) in [4.78, 5) is 37.9. The summed E-state index contributed by atoms with van der Waals surface area (Å²) in [6.45, 7) is -9.96. The molecule has 1 aromatic carbocycles. The van der Waals surface area contributed by atoms with Gasteiger partial charge >= 0.3 is 13.5 Å². The molecule has 0 amide bonds.